The molecule has 1 aliphatic rings. The molecule has 2 nitrogen and oxygen atoms in total. The molecule has 0 aliphatic carbocycles. The number of nitrogens with one attached hydrogen (secondary N) is 1. The highest BCUT2D eigenvalue weighted by Gasteiger charge is 2.15. The van der Waals surface area contributed by atoms with Gasteiger partial charge in [-0.1, -0.05) is 19.8 Å². The Balaban J connectivity index is 2.13. The zero-order chi connectivity index (χ0) is 10.2. The van der Waals surface area contributed by atoms with E-state index in [-0.39, 0.29) is 0 Å². The summed E-state index contributed by atoms with van der Waals surface area (Å²) in [5, 5.41) is 3.48. The van der Waals surface area contributed by atoms with Gasteiger partial charge in [0.1, 0.15) is 0 Å². The lowest BCUT2D eigenvalue weighted by Crippen LogP contribution is -2.38. The smallest absolute Gasteiger partial charge is 0.0110 e. The van der Waals surface area contributed by atoms with E-state index in [0.29, 0.717) is 0 Å². The van der Waals surface area contributed by atoms with E-state index in [4.69, 9.17) is 0 Å². The van der Waals surface area contributed by atoms with Crippen molar-refractivity contribution >= 4 is 0 Å². The number of hydrogen-bond donors (Lipinski definition) is 1. The van der Waals surface area contributed by atoms with Crippen LogP contribution in [0, 0.1) is 0 Å². The third-order valence-electron chi connectivity index (χ3n) is 3.19. The maximum Gasteiger partial charge on any atom is 0.0110 e. The van der Waals surface area contributed by atoms with Crippen molar-refractivity contribution in [3.05, 3.63) is 0 Å². The van der Waals surface area contributed by atoms with E-state index in [1.165, 1.54) is 51.7 Å². The van der Waals surface area contributed by atoms with Gasteiger partial charge in [0.25, 0.3) is 0 Å². The third kappa shape index (κ3) is 4.43. The maximum atomic E-state index is 3.48. The molecule has 0 amide bonds. The third-order valence-corrected chi connectivity index (χ3v) is 3.19. The van der Waals surface area contributed by atoms with Gasteiger partial charge in [-0.15, -0.1) is 0 Å². The number of likely N-dealkylation sites (tertiary alicyclic amines) is 1. The van der Waals surface area contributed by atoms with Crippen molar-refractivity contribution < 1.29 is 0 Å². The zero-order valence-electron chi connectivity index (χ0n) is 9.89. The van der Waals surface area contributed by atoms with Gasteiger partial charge in [-0.3, -0.25) is 4.90 Å². The van der Waals surface area contributed by atoms with Crippen LogP contribution in [0.4, 0.5) is 0 Å². The molecular formula is C12H26N2. The Hall–Kier alpha value is -0.0800. The van der Waals surface area contributed by atoms with Gasteiger partial charge in [-0.25, -0.2) is 0 Å². The van der Waals surface area contributed by atoms with Crippen molar-refractivity contribution in [1.29, 1.82) is 0 Å². The van der Waals surface area contributed by atoms with Crippen LogP contribution in [0.3, 0.4) is 0 Å². The van der Waals surface area contributed by atoms with Crippen LogP contribution < -0.4 is 5.32 Å². The molecule has 84 valence electrons. The van der Waals surface area contributed by atoms with Gasteiger partial charge < -0.3 is 5.32 Å². The monoisotopic (exact) mass is 198 g/mol. The lowest BCUT2D eigenvalue weighted by atomic mass is 10.1. The topological polar surface area (TPSA) is 15.3 Å². The second kappa shape index (κ2) is 7.24. The van der Waals surface area contributed by atoms with Gasteiger partial charge in [0.2, 0.25) is 0 Å². The Bertz CT molecular complexity index is 136. The molecule has 1 unspecified atom stereocenters. The highest BCUT2D eigenvalue weighted by Crippen LogP contribution is 2.15. The highest BCUT2D eigenvalue weighted by atomic mass is 15.2. The first-order valence-electron chi connectivity index (χ1n) is 6.29. The van der Waals surface area contributed by atoms with Crippen LogP contribution in [-0.2, 0) is 0 Å². The predicted octanol–water partition coefficient (Wildman–Crippen LogP) is 2.25. The Morgan fingerprint density at radius 2 is 2.07 bits per heavy atom. The average Bonchev–Trinajstić information content (AvgIpc) is 2.39. The van der Waals surface area contributed by atoms with Crippen LogP contribution in [0.1, 0.15) is 46.0 Å². The quantitative estimate of drug-likeness (QED) is 0.682. The molecule has 0 radical (unpaired) electrons. The Labute approximate surface area is 89.1 Å². The molecule has 1 rings (SSSR count). The molecule has 1 heterocycles. The molecule has 1 saturated heterocycles. The summed E-state index contributed by atoms with van der Waals surface area (Å²) in [5.41, 5.74) is 0. The first kappa shape index (κ1) is 12.0. The summed E-state index contributed by atoms with van der Waals surface area (Å²) in [6.45, 7) is 9.49. The maximum absolute atomic E-state index is 3.48. The fourth-order valence-corrected chi connectivity index (χ4v) is 2.19. The van der Waals surface area contributed by atoms with Crippen LogP contribution in [0.2, 0.25) is 0 Å². The van der Waals surface area contributed by atoms with E-state index in [0.717, 1.165) is 12.6 Å². The number of hydrogen-bond acceptors (Lipinski definition) is 2. The second-order valence-electron chi connectivity index (χ2n) is 4.48. The normalized spacial score (nSPS) is 24.9. The van der Waals surface area contributed by atoms with E-state index in [1.807, 2.05) is 0 Å². The molecule has 0 aromatic heterocycles. The summed E-state index contributed by atoms with van der Waals surface area (Å²) in [6.07, 6.45) is 6.91. The molecule has 1 N–H and O–H groups in total. The van der Waals surface area contributed by atoms with Crippen molar-refractivity contribution in [1.82, 2.24) is 10.2 Å². The van der Waals surface area contributed by atoms with Gasteiger partial charge in [0.05, 0.1) is 0 Å². The van der Waals surface area contributed by atoms with Crippen LogP contribution in [-0.4, -0.2) is 37.1 Å². The van der Waals surface area contributed by atoms with Crippen molar-refractivity contribution in [3.63, 3.8) is 0 Å². The summed E-state index contributed by atoms with van der Waals surface area (Å²) < 4.78 is 0. The van der Waals surface area contributed by atoms with E-state index in [1.54, 1.807) is 0 Å². The molecule has 2 heteroatoms. The van der Waals surface area contributed by atoms with Crippen molar-refractivity contribution in [2.45, 2.75) is 52.0 Å². The predicted molar refractivity (Wildman–Crippen MR) is 62.7 cm³/mol. The summed E-state index contributed by atoms with van der Waals surface area (Å²) in [5.74, 6) is 0. The minimum absolute atomic E-state index is 0.806. The fraction of sp³-hybridized carbons (Fsp3) is 1.00. The van der Waals surface area contributed by atoms with Gasteiger partial charge in [0.15, 0.2) is 0 Å². The Morgan fingerprint density at radius 3 is 2.86 bits per heavy atom. The molecule has 0 spiro atoms. The van der Waals surface area contributed by atoms with Gasteiger partial charge in [0, 0.05) is 19.1 Å². The standard InChI is InChI=1S/C12H26N2/c1-3-8-13-9-11-14-10-6-4-5-7-12(14)2/h12-13H,3-11H2,1-2H3. The van der Waals surface area contributed by atoms with E-state index >= 15 is 0 Å². The molecular weight excluding hydrogens is 172 g/mol. The molecule has 14 heavy (non-hydrogen) atoms. The van der Waals surface area contributed by atoms with E-state index < -0.39 is 0 Å². The zero-order valence-corrected chi connectivity index (χ0v) is 9.89. The SMILES string of the molecule is CCCNCCN1CCCCCC1C. The van der Waals surface area contributed by atoms with Crippen LogP contribution >= 0.6 is 0 Å². The molecule has 0 aromatic carbocycles. The second-order valence-corrected chi connectivity index (χ2v) is 4.48. The molecule has 1 fully saturated rings. The lowest BCUT2D eigenvalue weighted by Gasteiger charge is -2.26. The highest BCUT2D eigenvalue weighted by molar-refractivity contribution is 4.71. The van der Waals surface area contributed by atoms with Crippen molar-refractivity contribution in [2.24, 2.45) is 0 Å². The molecule has 0 aromatic rings. The van der Waals surface area contributed by atoms with E-state index in [9.17, 15) is 0 Å². The number of rotatable bonds is 5. The first-order valence-corrected chi connectivity index (χ1v) is 6.29. The van der Waals surface area contributed by atoms with Crippen LogP contribution in [0.25, 0.3) is 0 Å². The Morgan fingerprint density at radius 1 is 1.21 bits per heavy atom. The fourth-order valence-electron chi connectivity index (χ4n) is 2.19. The minimum Gasteiger partial charge on any atom is -0.315 e. The van der Waals surface area contributed by atoms with Gasteiger partial charge >= 0.3 is 0 Å². The van der Waals surface area contributed by atoms with Gasteiger partial charge in [-0.05, 0) is 39.3 Å². The average molecular weight is 198 g/mol. The van der Waals surface area contributed by atoms with Crippen molar-refractivity contribution in [2.75, 3.05) is 26.2 Å². The largest absolute Gasteiger partial charge is 0.315 e. The lowest BCUT2D eigenvalue weighted by molar-refractivity contribution is 0.214. The minimum atomic E-state index is 0.806. The van der Waals surface area contributed by atoms with Gasteiger partial charge in [-0.2, -0.15) is 0 Å². The molecule has 1 aliphatic heterocycles. The van der Waals surface area contributed by atoms with Crippen LogP contribution in [0.15, 0.2) is 0 Å². The summed E-state index contributed by atoms with van der Waals surface area (Å²) in [4.78, 5) is 2.65. The summed E-state index contributed by atoms with van der Waals surface area (Å²) in [6, 6.07) is 0.806. The summed E-state index contributed by atoms with van der Waals surface area (Å²) >= 11 is 0. The summed E-state index contributed by atoms with van der Waals surface area (Å²) in [7, 11) is 0. The Kier molecular flexibility index (Phi) is 6.20. The van der Waals surface area contributed by atoms with Crippen molar-refractivity contribution in [3.8, 4) is 0 Å². The van der Waals surface area contributed by atoms with Crippen LogP contribution in [0.5, 0.6) is 0 Å². The van der Waals surface area contributed by atoms with E-state index in [2.05, 4.69) is 24.1 Å². The molecule has 0 saturated carbocycles. The molecule has 1 atom stereocenters. The first-order chi connectivity index (χ1) is 6.84. The molecule has 0 bridgehead atoms. The number of nitrogens with zero attached hydrogens (tertiary/aromatic N) is 1.